The van der Waals surface area contributed by atoms with Crippen LogP contribution in [0.15, 0.2) is 34.7 Å². The second-order valence-corrected chi connectivity index (χ2v) is 4.24. The normalized spacial score (nSPS) is 27.9. The molecular formula is C12H11ClN4. The molecule has 0 radical (unpaired) electrons. The van der Waals surface area contributed by atoms with E-state index in [9.17, 15) is 0 Å². The maximum absolute atomic E-state index is 8.71. The highest BCUT2D eigenvalue weighted by molar-refractivity contribution is 6.30. The van der Waals surface area contributed by atoms with E-state index >= 15 is 0 Å². The third kappa shape index (κ3) is 2.63. The summed E-state index contributed by atoms with van der Waals surface area (Å²) < 4.78 is 1.70. The fraction of sp³-hybridized carbons (Fsp3) is 0.250. The largest absolute Gasteiger partial charge is 0.289 e. The van der Waals surface area contributed by atoms with Crippen LogP contribution in [0.4, 0.5) is 0 Å². The first-order valence-corrected chi connectivity index (χ1v) is 5.63. The molecule has 1 unspecified atom stereocenters. The van der Waals surface area contributed by atoms with E-state index in [1.165, 1.54) is 0 Å². The first kappa shape index (κ1) is 11.6. The predicted octanol–water partition coefficient (Wildman–Crippen LogP) is 2.79. The Bertz CT molecular complexity index is 545. The first-order chi connectivity index (χ1) is 8.20. The van der Waals surface area contributed by atoms with Gasteiger partial charge in [-0.25, -0.2) is 9.98 Å². The lowest BCUT2D eigenvalue weighted by atomic mass is 10.1. The Balaban J connectivity index is 2.35. The lowest BCUT2D eigenvalue weighted by molar-refractivity contribution is 0.758. The van der Waals surface area contributed by atoms with Gasteiger partial charge in [0.05, 0.1) is 0 Å². The predicted molar refractivity (Wildman–Crippen MR) is 67.4 cm³/mol. The Kier molecular flexibility index (Phi) is 3.40. The standard InChI is InChI=1S/C12H11ClN4/c1-9-4-5-15-12(3-2-11(9)13)17-7-10(6-14)16-8-17/h2-3,5,7-9H,4H2,1H3/b11-2+,12-3+,15-5+. The van der Waals surface area contributed by atoms with Crippen LogP contribution >= 0.6 is 11.6 Å². The quantitative estimate of drug-likeness (QED) is 0.765. The molecule has 0 saturated carbocycles. The topological polar surface area (TPSA) is 54.0 Å². The summed E-state index contributed by atoms with van der Waals surface area (Å²) in [7, 11) is 0. The minimum absolute atomic E-state index is 0.288. The zero-order valence-electron chi connectivity index (χ0n) is 9.34. The number of nitrogens with zero attached hydrogens (tertiary/aromatic N) is 4. The number of rotatable bonds is 1. The summed E-state index contributed by atoms with van der Waals surface area (Å²) in [6.45, 7) is 2.05. The second-order valence-electron chi connectivity index (χ2n) is 3.80. The molecular weight excluding hydrogens is 236 g/mol. The fourth-order valence-electron chi connectivity index (χ4n) is 1.44. The van der Waals surface area contributed by atoms with E-state index in [-0.39, 0.29) is 5.92 Å². The van der Waals surface area contributed by atoms with Crippen molar-refractivity contribution in [2.45, 2.75) is 13.3 Å². The molecule has 1 aromatic rings. The van der Waals surface area contributed by atoms with Crippen molar-refractivity contribution >= 4 is 23.6 Å². The van der Waals surface area contributed by atoms with Crippen LogP contribution in [0.25, 0.3) is 5.82 Å². The third-order valence-corrected chi connectivity index (χ3v) is 3.01. The molecule has 1 atom stereocenters. The molecule has 0 bridgehead atoms. The number of halogens is 1. The average molecular weight is 247 g/mol. The fourth-order valence-corrected chi connectivity index (χ4v) is 1.59. The van der Waals surface area contributed by atoms with Crippen LogP contribution in [-0.4, -0.2) is 15.8 Å². The Hall–Kier alpha value is -1.86. The van der Waals surface area contributed by atoms with E-state index in [0.29, 0.717) is 11.5 Å². The van der Waals surface area contributed by atoms with E-state index in [4.69, 9.17) is 16.9 Å². The van der Waals surface area contributed by atoms with Crippen molar-refractivity contribution in [3.05, 3.63) is 35.4 Å². The maximum Gasteiger partial charge on any atom is 0.158 e. The Morgan fingerprint density at radius 1 is 1.53 bits per heavy atom. The van der Waals surface area contributed by atoms with Gasteiger partial charge in [-0.1, -0.05) is 18.5 Å². The monoisotopic (exact) mass is 246 g/mol. The molecule has 5 heteroatoms. The summed E-state index contributed by atoms with van der Waals surface area (Å²) in [5.74, 6) is 0.986. The lowest BCUT2D eigenvalue weighted by Crippen LogP contribution is -1.99. The van der Waals surface area contributed by atoms with Crippen LogP contribution in [0, 0.1) is 17.2 Å². The third-order valence-electron chi connectivity index (χ3n) is 2.51. The van der Waals surface area contributed by atoms with Crippen LogP contribution in [0.1, 0.15) is 19.0 Å². The van der Waals surface area contributed by atoms with E-state index < -0.39 is 0 Å². The van der Waals surface area contributed by atoms with Crippen molar-refractivity contribution in [3.8, 4) is 6.07 Å². The smallest absolute Gasteiger partial charge is 0.158 e. The van der Waals surface area contributed by atoms with Crippen LogP contribution in [0.3, 0.4) is 0 Å². The van der Waals surface area contributed by atoms with Gasteiger partial charge < -0.3 is 0 Å². The minimum Gasteiger partial charge on any atom is -0.289 e. The summed E-state index contributed by atoms with van der Waals surface area (Å²) in [5, 5.41) is 9.51. The number of hydrogen-bond donors (Lipinski definition) is 0. The number of hydrogen-bond acceptors (Lipinski definition) is 3. The van der Waals surface area contributed by atoms with Gasteiger partial charge in [0.15, 0.2) is 5.69 Å². The van der Waals surface area contributed by atoms with Crippen molar-refractivity contribution < 1.29 is 0 Å². The van der Waals surface area contributed by atoms with Crippen molar-refractivity contribution in [3.63, 3.8) is 0 Å². The van der Waals surface area contributed by atoms with Gasteiger partial charge in [0.25, 0.3) is 0 Å². The van der Waals surface area contributed by atoms with E-state index in [1.54, 1.807) is 17.1 Å². The SMILES string of the molecule is CC1C/C=N/C(n2cnc(C#N)c2)=C\C=C/1Cl. The van der Waals surface area contributed by atoms with Gasteiger partial charge in [0, 0.05) is 17.4 Å². The van der Waals surface area contributed by atoms with Crippen molar-refractivity contribution in [2.24, 2.45) is 10.9 Å². The molecule has 0 spiro atoms. The number of aromatic nitrogens is 2. The molecule has 17 heavy (non-hydrogen) atoms. The van der Waals surface area contributed by atoms with Crippen molar-refractivity contribution in [1.29, 1.82) is 5.26 Å². The van der Waals surface area contributed by atoms with Crippen LogP contribution in [0.2, 0.25) is 0 Å². The van der Waals surface area contributed by atoms with Gasteiger partial charge in [-0.3, -0.25) is 4.57 Å². The van der Waals surface area contributed by atoms with Crippen LogP contribution in [0.5, 0.6) is 0 Å². The highest BCUT2D eigenvalue weighted by Crippen LogP contribution is 2.21. The zero-order chi connectivity index (χ0) is 12.3. The van der Waals surface area contributed by atoms with Gasteiger partial charge >= 0.3 is 0 Å². The summed E-state index contributed by atoms with van der Waals surface area (Å²) in [6, 6.07) is 1.98. The van der Waals surface area contributed by atoms with E-state index in [0.717, 1.165) is 11.5 Å². The van der Waals surface area contributed by atoms with Gasteiger partial charge in [0.2, 0.25) is 0 Å². The van der Waals surface area contributed by atoms with Crippen molar-refractivity contribution in [1.82, 2.24) is 9.55 Å². The molecule has 2 rings (SSSR count). The molecule has 0 saturated heterocycles. The molecule has 0 aliphatic carbocycles. The maximum atomic E-state index is 8.71. The van der Waals surface area contributed by atoms with Crippen molar-refractivity contribution in [2.75, 3.05) is 0 Å². The van der Waals surface area contributed by atoms with Gasteiger partial charge in [-0.15, -0.1) is 0 Å². The molecule has 0 amide bonds. The zero-order valence-corrected chi connectivity index (χ0v) is 10.1. The Morgan fingerprint density at radius 2 is 2.35 bits per heavy atom. The van der Waals surface area contributed by atoms with Crippen LogP contribution in [-0.2, 0) is 0 Å². The van der Waals surface area contributed by atoms with Gasteiger partial charge in [-0.2, -0.15) is 5.26 Å². The molecule has 0 N–H and O–H groups in total. The Morgan fingerprint density at radius 3 is 3.06 bits per heavy atom. The second kappa shape index (κ2) is 4.98. The van der Waals surface area contributed by atoms with Gasteiger partial charge in [0.1, 0.15) is 18.2 Å². The molecule has 1 aromatic heterocycles. The molecule has 2 heterocycles. The van der Waals surface area contributed by atoms with E-state index in [2.05, 4.69) is 16.9 Å². The summed E-state index contributed by atoms with van der Waals surface area (Å²) in [5.41, 5.74) is 0.367. The number of nitriles is 1. The number of allylic oxidation sites excluding steroid dienone is 3. The minimum atomic E-state index is 0.288. The van der Waals surface area contributed by atoms with Gasteiger partial charge in [-0.05, 0) is 24.5 Å². The van der Waals surface area contributed by atoms with E-state index in [1.807, 2.05) is 24.4 Å². The molecule has 4 nitrogen and oxygen atoms in total. The van der Waals surface area contributed by atoms with Crippen LogP contribution < -0.4 is 0 Å². The number of aliphatic imine (C=N–C) groups is 1. The lowest BCUT2D eigenvalue weighted by Gasteiger charge is -2.09. The molecule has 1 aliphatic rings. The molecule has 1 aliphatic heterocycles. The highest BCUT2D eigenvalue weighted by atomic mass is 35.5. The summed E-state index contributed by atoms with van der Waals surface area (Å²) >= 11 is 6.11. The molecule has 0 fully saturated rings. The summed E-state index contributed by atoms with van der Waals surface area (Å²) in [4.78, 5) is 8.26. The molecule has 86 valence electrons. The highest BCUT2D eigenvalue weighted by Gasteiger charge is 2.08. The molecule has 0 aromatic carbocycles. The summed E-state index contributed by atoms with van der Waals surface area (Å²) in [6.07, 6.45) is 9.48. The number of imidazole rings is 1. The first-order valence-electron chi connectivity index (χ1n) is 5.25. The average Bonchev–Trinajstić information content (AvgIpc) is 2.79. The Labute approximate surface area is 105 Å².